The Balaban J connectivity index is 2.00. The standard InChI is InChI=1S/C17H21N5/c1-12-11-14-16(18-9-10-22(2)3)20-15(21-17(14)19-12)13-7-5-4-6-8-13/h4-8,11H,9-10H2,1-3H3,(H2,18,19,20,21). The zero-order valence-corrected chi connectivity index (χ0v) is 13.2. The third kappa shape index (κ3) is 3.09. The molecule has 0 atom stereocenters. The van der Waals surface area contributed by atoms with E-state index in [1.165, 1.54) is 0 Å². The van der Waals surface area contributed by atoms with E-state index in [0.29, 0.717) is 0 Å². The summed E-state index contributed by atoms with van der Waals surface area (Å²) < 4.78 is 0. The smallest absolute Gasteiger partial charge is 0.163 e. The summed E-state index contributed by atoms with van der Waals surface area (Å²) in [5.74, 6) is 1.62. The van der Waals surface area contributed by atoms with Gasteiger partial charge in [-0.05, 0) is 27.1 Å². The molecule has 0 aliphatic rings. The number of aromatic amines is 1. The van der Waals surface area contributed by atoms with Gasteiger partial charge in [-0.25, -0.2) is 9.97 Å². The number of H-pyrrole nitrogens is 1. The lowest BCUT2D eigenvalue weighted by Gasteiger charge is -2.12. The first-order valence-electron chi connectivity index (χ1n) is 7.45. The Morgan fingerprint density at radius 1 is 1.14 bits per heavy atom. The summed E-state index contributed by atoms with van der Waals surface area (Å²) in [4.78, 5) is 14.8. The topological polar surface area (TPSA) is 56.8 Å². The predicted octanol–water partition coefficient (Wildman–Crippen LogP) is 2.91. The predicted molar refractivity (Wildman–Crippen MR) is 91.1 cm³/mol. The number of rotatable bonds is 5. The van der Waals surface area contributed by atoms with Gasteiger partial charge >= 0.3 is 0 Å². The second kappa shape index (κ2) is 6.15. The molecule has 3 aromatic rings. The molecule has 0 saturated heterocycles. The molecule has 0 aliphatic heterocycles. The molecule has 3 rings (SSSR count). The highest BCUT2D eigenvalue weighted by Crippen LogP contribution is 2.25. The van der Waals surface area contributed by atoms with Gasteiger partial charge in [0.15, 0.2) is 5.82 Å². The molecule has 0 spiro atoms. The molecule has 0 radical (unpaired) electrons. The van der Waals surface area contributed by atoms with E-state index in [9.17, 15) is 0 Å². The van der Waals surface area contributed by atoms with E-state index in [-0.39, 0.29) is 0 Å². The molecular formula is C17H21N5. The van der Waals surface area contributed by atoms with Crippen molar-refractivity contribution in [3.05, 3.63) is 42.1 Å². The average Bonchev–Trinajstić information content (AvgIpc) is 2.88. The first-order valence-corrected chi connectivity index (χ1v) is 7.45. The summed E-state index contributed by atoms with van der Waals surface area (Å²) in [6.45, 7) is 3.83. The van der Waals surface area contributed by atoms with Gasteiger partial charge in [0.05, 0.1) is 5.39 Å². The first-order chi connectivity index (χ1) is 10.6. The zero-order valence-electron chi connectivity index (χ0n) is 13.2. The Kier molecular flexibility index (Phi) is 4.06. The van der Waals surface area contributed by atoms with Gasteiger partial charge in [0.25, 0.3) is 0 Å². The van der Waals surface area contributed by atoms with E-state index >= 15 is 0 Å². The first kappa shape index (κ1) is 14.5. The number of fused-ring (bicyclic) bond motifs is 1. The highest BCUT2D eigenvalue weighted by Gasteiger charge is 2.11. The van der Waals surface area contributed by atoms with Crippen LogP contribution in [0.15, 0.2) is 36.4 Å². The fraction of sp³-hybridized carbons (Fsp3) is 0.294. The van der Waals surface area contributed by atoms with E-state index in [2.05, 4.69) is 40.3 Å². The van der Waals surface area contributed by atoms with Crippen LogP contribution in [0.25, 0.3) is 22.4 Å². The Labute approximate surface area is 130 Å². The molecule has 0 saturated carbocycles. The summed E-state index contributed by atoms with van der Waals surface area (Å²) in [5.41, 5.74) is 2.98. The van der Waals surface area contributed by atoms with Gasteiger partial charge in [-0.1, -0.05) is 30.3 Å². The minimum atomic E-state index is 0.738. The van der Waals surface area contributed by atoms with Gasteiger partial charge < -0.3 is 15.2 Å². The lowest BCUT2D eigenvalue weighted by molar-refractivity contribution is 0.425. The maximum atomic E-state index is 4.72. The Morgan fingerprint density at radius 2 is 1.91 bits per heavy atom. The van der Waals surface area contributed by atoms with Crippen LogP contribution in [0.1, 0.15) is 5.69 Å². The van der Waals surface area contributed by atoms with Gasteiger partial charge in [-0.3, -0.25) is 0 Å². The van der Waals surface area contributed by atoms with Crippen LogP contribution in [-0.2, 0) is 0 Å². The zero-order chi connectivity index (χ0) is 15.5. The minimum Gasteiger partial charge on any atom is -0.368 e. The highest BCUT2D eigenvalue weighted by molar-refractivity contribution is 5.89. The molecule has 0 amide bonds. The molecule has 0 fully saturated rings. The van der Waals surface area contributed by atoms with Gasteiger partial charge in [-0.2, -0.15) is 0 Å². The average molecular weight is 295 g/mol. The van der Waals surface area contributed by atoms with Crippen molar-refractivity contribution in [3.63, 3.8) is 0 Å². The van der Waals surface area contributed by atoms with E-state index in [0.717, 1.165) is 47.0 Å². The number of aryl methyl sites for hydroxylation is 1. The summed E-state index contributed by atoms with van der Waals surface area (Å²) >= 11 is 0. The number of likely N-dealkylation sites (N-methyl/N-ethyl adjacent to an activating group) is 1. The molecule has 0 bridgehead atoms. The van der Waals surface area contributed by atoms with Crippen molar-refractivity contribution >= 4 is 16.9 Å². The monoisotopic (exact) mass is 295 g/mol. The summed E-state index contributed by atoms with van der Waals surface area (Å²) in [7, 11) is 4.13. The van der Waals surface area contributed by atoms with Crippen LogP contribution in [0.5, 0.6) is 0 Å². The van der Waals surface area contributed by atoms with Crippen LogP contribution in [0.2, 0.25) is 0 Å². The second-order valence-corrected chi connectivity index (χ2v) is 5.71. The molecule has 2 aromatic heterocycles. The molecule has 5 nitrogen and oxygen atoms in total. The van der Waals surface area contributed by atoms with Crippen LogP contribution in [0, 0.1) is 6.92 Å². The molecule has 22 heavy (non-hydrogen) atoms. The van der Waals surface area contributed by atoms with Crippen molar-refractivity contribution in [2.75, 3.05) is 32.5 Å². The van der Waals surface area contributed by atoms with Crippen molar-refractivity contribution < 1.29 is 0 Å². The third-order valence-electron chi connectivity index (χ3n) is 3.51. The van der Waals surface area contributed by atoms with Crippen molar-refractivity contribution in [1.82, 2.24) is 19.9 Å². The van der Waals surface area contributed by atoms with Crippen molar-refractivity contribution in [3.8, 4) is 11.4 Å². The number of hydrogen-bond acceptors (Lipinski definition) is 4. The number of hydrogen-bond donors (Lipinski definition) is 2. The lowest BCUT2D eigenvalue weighted by Crippen LogP contribution is -2.21. The van der Waals surface area contributed by atoms with Crippen LogP contribution in [-0.4, -0.2) is 47.0 Å². The second-order valence-electron chi connectivity index (χ2n) is 5.71. The van der Waals surface area contributed by atoms with Crippen LogP contribution in [0.3, 0.4) is 0 Å². The minimum absolute atomic E-state index is 0.738. The van der Waals surface area contributed by atoms with Gasteiger partial charge in [-0.15, -0.1) is 0 Å². The number of nitrogens with one attached hydrogen (secondary N) is 2. The number of aromatic nitrogens is 3. The Bertz CT molecular complexity index is 761. The highest BCUT2D eigenvalue weighted by atomic mass is 15.1. The largest absolute Gasteiger partial charge is 0.368 e. The quantitative estimate of drug-likeness (QED) is 0.760. The van der Waals surface area contributed by atoms with Gasteiger partial charge in [0, 0.05) is 24.3 Å². The number of nitrogens with zero attached hydrogens (tertiary/aromatic N) is 3. The number of benzene rings is 1. The number of anilines is 1. The van der Waals surface area contributed by atoms with Crippen molar-refractivity contribution in [1.29, 1.82) is 0 Å². The van der Waals surface area contributed by atoms with Crippen LogP contribution in [0.4, 0.5) is 5.82 Å². The molecule has 0 aliphatic carbocycles. The maximum absolute atomic E-state index is 4.72. The van der Waals surface area contributed by atoms with Crippen LogP contribution < -0.4 is 5.32 Å². The van der Waals surface area contributed by atoms with Gasteiger partial charge in [0.1, 0.15) is 11.5 Å². The summed E-state index contributed by atoms with van der Waals surface area (Å²) in [6, 6.07) is 12.1. The molecule has 0 unspecified atom stereocenters. The van der Waals surface area contributed by atoms with Gasteiger partial charge in [0.2, 0.25) is 0 Å². The van der Waals surface area contributed by atoms with E-state index in [1.54, 1.807) is 0 Å². The molecule has 2 N–H and O–H groups in total. The van der Waals surface area contributed by atoms with E-state index in [4.69, 9.17) is 4.98 Å². The van der Waals surface area contributed by atoms with Crippen molar-refractivity contribution in [2.45, 2.75) is 6.92 Å². The normalized spacial score (nSPS) is 11.3. The Hall–Kier alpha value is -2.40. The SMILES string of the molecule is Cc1cc2c(NCCN(C)C)nc(-c3ccccc3)nc2[nH]1. The van der Waals surface area contributed by atoms with E-state index < -0.39 is 0 Å². The fourth-order valence-corrected chi connectivity index (χ4v) is 2.39. The summed E-state index contributed by atoms with van der Waals surface area (Å²) in [6.07, 6.45) is 0. The molecule has 5 heteroatoms. The molecule has 1 aromatic carbocycles. The molecular weight excluding hydrogens is 274 g/mol. The van der Waals surface area contributed by atoms with Crippen molar-refractivity contribution in [2.24, 2.45) is 0 Å². The Morgan fingerprint density at radius 3 is 2.64 bits per heavy atom. The van der Waals surface area contributed by atoms with Crippen LogP contribution >= 0.6 is 0 Å². The van der Waals surface area contributed by atoms with E-state index in [1.807, 2.05) is 37.3 Å². The molecule has 2 heterocycles. The lowest BCUT2D eigenvalue weighted by atomic mass is 10.2. The summed E-state index contributed by atoms with van der Waals surface area (Å²) in [5, 5.41) is 4.47. The molecule has 114 valence electrons. The fourth-order valence-electron chi connectivity index (χ4n) is 2.39. The third-order valence-corrected chi connectivity index (χ3v) is 3.51. The maximum Gasteiger partial charge on any atom is 0.163 e.